The average molecular weight is 462 g/mol. The van der Waals surface area contributed by atoms with Crippen molar-refractivity contribution in [3.63, 3.8) is 0 Å². The molecule has 0 bridgehead atoms. The van der Waals surface area contributed by atoms with Crippen LogP contribution in [0.2, 0.25) is 0 Å². The van der Waals surface area contributed by atoms with Crippen LogP contribution in [-0.2, 0) is 32.0 Å². The predicted octanol–water partition coefficient (Wildman–Crippen LogP) is 5.08. The van der Waals surface area contributed by atoms with Gasteiger partial charge in [0.15, 0.2) is 0 Å². The van der Waals surface area contributed by atoms with Crippen molar-refractivity contribution in [1.82, 2.24) is 4.90 Å². The van der Waals surface area contributed by atoms with Crippen molar-refractivity contribution in [3.8, 4) is 0 Å². The number of piperidine rings is 1. The SMILES string of the molecule is C/C=C(\C)C(=O)C(=O)N1CCCCC1C(=O)OC(CCc1ccccc1)CCc1ccccc1. The lowest BCUT2D eigenvalue weighted by atomic mass is 9.99. The van der Waals surface area contributed by atoms with Crippen LogP contribution >= 0.6 is 0 Å². The molecule has 0 radical (unpaired) electrons. The van der Waals surface area contributed by atoms with Gasteiger partial charge in [0.1, 0.15) is 12.1 Å². The molecule has 1 heterocycles. The van der Waals surface area contributed by atoms with Gasteiger partial charge in [-0.15, -0.1) is 0 Å². The highest BCUT2D eigenvalue weighted by atomic mass is 16.5. The number of ether oxygens (including phenoxy) is 1. The van der Waals surface area contributed by atoms with Crippen LogP contribution in [0.3, 0.4) is 0 Å². The molecule has 3 rings (SSSR count). The topological polar surface area (TPSA) is 63.7 Å². The summed E-state index contributed by atoms with van der Waals surface area (Å²) in [6.07, 6.45) is 6.53. The number of hydrogen-bond acceptors (Lipinski definition) is 4. The van der Waals surface area contributed by atoms with Crippen LogP contribution in [0.4, 0.5) is 0 Å². The molecule has 1 amide bonds. The van der Waals surface area contributed by atoms with Crippen LogP contribution in [0.15, 0.2) is 72.3 Å². The van der Waals surface area contributed by atoms with E-state index in [1.807, 2.05) is 36.4 Å². The van der Waals surface area contributed by atoms with Gasteiger partial charge in [-0.05, 0) is 75.5 Å². The van der Waals surface area contributed by atoms with Crippen molar-refractivity contribution in [2.45, 2.75) is 70.9 Å². The van der Waals surface area contributed by atoms with Gasteiger partial charge in [0.05, 0.1) is 0 Å². The Morgan fingerprint density at radius 2 is 1.50 bits per heavy atom. The zero-order valence-electron chi connectivity index (χ0n) is 20.2. The highest BCUT2D eigenvalue weighted by Crippen LogP contribution is 2.22. The van der Waals surface area contributed by atoms with Gasteiger partial charge in [0.2, 0.25) is 5.78 Å². The highest BCUT2D eigenvalue weighted by molar-refractivity contribution is 6.42. The average Bonchev–Trinajstić information content (AvgIpc) is 2.90. The normalized spacial score (nSPS) is 16.4. The minimum atomic E-state index is -0.703. The number of hydrogen-bond donors (Lipinski definition) is 0. The second-order valence-electron chi connectivity index (χ2n) is 8.92. The van der Waals surface area contributed by atoms with Gasteiger partial charge in [-0.3, -0.25) is 9.59 Å². The first-order valence-electron chi connectivity index (χ1n) is 12.3. The van der Waals surface area contributed by atoms with Crippen molar-refractivity contribution in [3.05, 3.63) is 83.4 Å². The largest absolute Gasteiger partial charge is 0.461 e. The van der Waals surface area contributed by atoms with Gasteiger partial charge in [-0.2, -0.15) is 0 Å². The Bertz CT molecular complexity index is 940. The molecule has 5 heteroatoms. The number of amides is 1. The van der Waals surface area contributed by atoms with E-state index in [4.69, 9.17) is 4.74 Å². The first kappa shape index (κ1) is 25.4. The van der Waals surface area contributed by atoms with Gasteiger partial charge >= 0.3 is 5.97 Å². The molecule has 2 aromatic rings. The van der Waals surface area contributed by atoms with E-state index in [1.54, 1.807) is 19.9 Å². The molecule has 1 unspecified atom stereocenters. The monoisotopic (exact) mass is 461 g/mol. The number of ketones is 1. The Labute approximate surface area is 202 Å². The minimum Gasteiger partial charge on any atom is -0.461 e. The molecule has 1 aliphatic rings. The first-order chi connectivity index (χ1) is 16.5. The molecule has 1 atom stereocenters. The third-order valence-corrected chi connectivity index (χ3v) is 6.50. The Morgan fingerprint density at radius 3 is 2.03 bits per heavy atom. The summed E-state index contributed by atoms with van der Waals surface area (Å²) in [5.74, 6) is -1.56. The van der Waals surface area contributed by atoms with Crippen molar-refractivity contribution < 1.29 is 19.1 Å². The molecule has 34 heavy (non-hydrogen) atoms. The number of esters is 1. The lowest BCUT2D eigenvalue weighted by molar-refractivity contribution is -0.163. The zero-order valence-corrected chi connectivity index (χ0v) is 20.2. The van der Waals surface area contributed by atoms with Gasteiger partial charge in [0, 0.05) is 6.54 Å². The summed E-state index contributed by atoms with van der Waals surface area (Å²) in [5.41, 5.74) is 2.79. The van der Waals surface area contributed by atoms with E-state index in [0.717, 1.165) is 25.7 Å². The van der Waals surface area contributed by atoms with E-state index in [0.29, 0.717) is 31.4 Å². The number of Topliss-reactive ketones (excluding diaryl/α,β-unsaturated/α-hetero) is 1. The van der Waals surface area contributed by atoms with E-state index < -0.39 is 23.7 Å². The van der Waals surface area contributed by atoms with Crippen molar-refractivity contribution in [2.75, 3.05) is 6.54 Å². The highest BCUT2D eigenvalue weighted by Gasteiger charge is 2.37. The number of rotatable bonds is 10. The number of nitrogens with zero attached hydrogens (tertiary/aromatic N) is 1. The quantitative estimate of drug-likeness (QED) is 0.281. The number of carbonyl (C=O) groups is 3. The number of allylic oxidation sites excluding steroid dienone is 1. The fourth-order valence-electron chi connectivity index (χ4n) is 4.30. The molecular weight excluding hydrogens is 426 g/mol. The third kappa shape index (κ3) is 7.14. The Hall–Kier alpha value is -3.21. The fraction of sp³-hybridized carbons (Fsp3) is 0.414. The molecule has 1 saturated heterocycles. The number of benzene rings is 2. The van der Waals surface area contributed by atoms with E-state index >= 15 is 0 Å². The number of carbonyl (C=O) groups excluding carboxylic acids is 3. The second kappa shape index (κ2) is 12.9. The van der Waals surface area contributed by atoms with Crippen molar-refractivity contribution >= 4 is 17.7 Å². The Kier molecular flexibility index (Phi) is 9.62. The van der Waals surface area contributed by atoms with Crippen molar-refractivity contribution in [1.29, 1.82) is 0 Å². The van der Waals surface area contributed by atoms with Crippen LogP contribution in [0.5, 0.6) is 0 Å². The van der Waals surface area contributed by atoms with Crippen LogP contribution in [0.1, 0.15) is 57.1 Å². The molecule has 0 aromatic heterocycles. The van der Waals surface area contributed by atoms with E-state index in [9.17, 15) is 14.4 Å². The molecule has 0 N–H and O–H groups in total. The molecule has 0 aliphatic carbocycles. The van der Waals surface area contributed by atoms with Crippen LogP contribution < -0.4 is 0 Å². The standard InChI is InChI=1S/C29H35NO4/c1-3-22(2)27(31)28(32)30-21-11-10-16-26(30)29(33)34-25(19-17-23-12-6-4-7-13-23)20-18-24-14-8-5-9-15-24/h3-9,12-15,25-26H,10-11,16-21H2,1-2H3/b22-3+. The summed E-state index contributed by atoms with van der Waals surface area (Å²) < 4.78 is 6.02. The fourth-order valence-corrected chi connectivity index (χ4v) is 4.30. The van der Waals surface area contributed by atoms with Crippen LogP contribution in [-0.4, -0.2) is 41.3 Å². The molecule has 1 fully saturated rings. The van der Waals surface area contributed by atoms with E-state index in [1.165, 1.54) is 16.0 Å². The molecule has 0 saturated carbocycles. The van der Waals surface area contributed by atoms with Crippen molar-refractivity contribution in [2.24, 2.45) is 0 Å². The zero-order chi connectivity index (χ0) is 24.3. The molecule has 0 spiro atoms. The van der Waals surface area contributed by atoms with Crippen LogP contribution in [0, 0.1) is 0 Å². The van der Waals surface area contributed by atoms with Crippen LogP contribution in [0.25, 0.3) is 0 Å². The third-order valence-electron chi connectivity index (χ3n) is 6.50. The van der Waals surface area contributed by atoms with Gasteiger partial charge in [-0.25, -0.2) is 4.79 Å². The summed E-state index contributed by atoms with van der Waals surface area (Å²) in [6.45, 7) is 3.76. The van der Waals surface area contributed by atoms with Gasteiger partial charge in [-0.1, -0.05) is 66.7 Å². The molecule has 180 valence electrons. The van der Waals surface area contributed by atoms with Gasteiger partial charge < -0.3 is 9.64 Å². The maximum Gasteiger partial charge on any atom is 0.329 e. The predicted molar refractivity (Wildman–Crippen MR) is 133 cm³/mol. The number of aryl methyl sites for hydroxylation is 2. The van der Waals surface area contributed by atoms with E-state index in [-0.39, 0.29) is 6.10 Å². The minimum absolute atomic E-state index is 0.264. The summed E-state index contributed by atoms with van der Waals surface area (Å²) in [7, 11) is 0. The lowest BCUT2D eigenvalue weighted by Crippen LogP contribution is -2.51. The maximum atomic E-state index is 13.3. The molecular formula is C29H35NO4. The summed E-state index contributed by atoms with van der Waals surface area (Å²) in [5, 5.41) is 0. The molecule has 1 aliphatic heterocycles. The lowest BCUT2D eigenvalue weighted by Gasteiger charge is -2.34. The van der Waals surface area contributed by atoms with Gasteiger partial charge in [0.25, 0.3) is 5.91 Å². The van der Waals surface area contributed by atoms with E-state index in [2.05, 4.69) is 24.3 Å². The Balaban J connectivity index is 1.69. The summed E-state index contributed by atoms with van der Waals surface area (Å²) in [4.78, 5) is 40.0. The molecule has 2 aromatic carbocycles. The second-order valence-corrected chi connectivity index (χ2v) is 8.92. The first-order valence-corrected chi connectivity index (χ1v) is 12.3. The smallest absolute Gasteiger partial charge is 0.329 e. The maximum absolute atomic E-state index is 13.3. The number of likely N-dealkylation sites (tertiary alicyclic amines) is 1. The summed E-state index contributed by atoms with van der Waals surface area (Å²) >= 11 is 0. The summed E-state index contributed by atoms with van der Waals surface area (Å²) in [6, 6.07) is 19.6. The molecule has 5 nitrogen and oxygen atoms in total. The Morgan fingerprint density at radius 1 is 0.941 bits per heavy atom.